The molecule has 0 atom stereocenters. The van der Waals surface area contributed by atoms with Crippen molar-refractivity contribution in [3.63, 3.8) is 0 Å². The van der Waals surface area contributed by atoms with Crippen LogP contribution in [-0.2, 0) is 6.54 Å². The maximum Gasteiger partial charge on any atom is 0.269 e. The SMILES string of the molecule is O=C(NCc1cccs1)c1cc(-c2ccc(Br)cc2)n[nH]1. The number of carbonyl (C=O) groups is 1. The van der Waals surface area contributed by atoms with E-state index in [0.717, 1.165) is 20.6 Å². The van der Waals surface area contributed by atoms with Crippen LogP contribution in [0.5, 0.6) is 0 Å². The number of hydrogen-bond donors (Lipinski definition) is 2. The number of thiophene rings is 1. The highest BCUT2D eigenvalue weighted by molar-refractivity contribution is 9.10. The normalized spacial score (nSPS) is 10.5. The summed E-state index contributed by atoms with van der Waals surface area (Å²) in [5.74, 6) is -0.153. The molecule has 0 fully saturated rings. The molecule has 106 valence electrons. The summed E-state index contributed by atoms with van der Waals surface area (Å²) in [5, 5.41) is 11.8. The molecule has 0 aliphatic rings. The van der Waals surface area contributed by atoms with E-state index in [-0.39, 0.29) is 5.91 Å². The molecule has 0 saturated carbocycles. The van der Waals surface area contributed by atoms with Crippen LogP contribution in [0.4, 0.5) is 0 Å². The third-order valence-corrected chi connectivity index (χ3v) is 4.37. The van der Waals surface area contributed by atoms with Gasteiger partial charge in [-0.3, -0.25) is 9.89 Å². The van der Waals surface area contributed by atoms with Crippen LogP contribution in [0.15, 0.2) is 52.3 Å². The lowest BCUT2D eigenvalue weighted by atomic mass is 10.1. The predicted molar refractivity (Wildman–Crippen MR) is 87.2 cm³/mol. The number of aromatic nitrogens is 2. The van der Waals surface area contributed by atoms with Crippen molar-refractivity contribution >= 4 is 33.2 Å². The highest BCUT2D eigenvalue weighted by Gasteiger charge is 2.10. The molecular formula is C15H12BrN3OS. The zero-order valence-electron chi connectivity index (χ0n) is 11.0. The van der Waals surface area contributed by atoms with Crippen molar-refractivity contribution in [1.29, 1.82) is 0 Å². The molecule has 3 aromatic rings. The molecule has 0 aliphatic carbocycles. The Morgan fingerprint density at radius 3 is 2.81 bits per heavy atom. The highest BCUT2D eigenvalue weighted by Crippen LogP contribution is 2.20. The van der Waals surface area contributed by atoms with Crippen molar-refractivity contribution in [2.75, 3.05) is 0 Å². The van der Waals surface area contributed by atoms with Crippen LogP contribution in [0.25, 0.3) is 11.3 Å². The van der Waals surface area contributed by atoms with Crippen LogP contribution < -0.4 is 5.32 Å². The van der Waals surface area contributed by atoms with Crippen molar-refractivity contribution in [1.82, 2.24) is 15.5 Å². The number of hydrogen-bond acceptors (Lipinski definition) is 3. The van der Waals surface area contributed by atoms with E-state index in [4.69, 9.17) is 0 Å². The number of nitrogens with one attached hydrogen (secondary N) is 2. The van der Waals surface area contributed by atoms with E-state index >= 15 is 0 Å². The number of carbonyl (C=O) groups excluding carboxylic acids is 1. The Labute approximate surface area is 134 Å². The minimum Gasteiger partial charge on any atom is -0.346 e. The number of benzene rings is 1. The van der Waals surface area contributed by atoms with Crippen LogP contribution in [-0.4, -0.2) is 16.1 Å². The molecule has 2 N–H and O–H groups in total. The molecular weight excluding hydrogens is 350 g/mol. The standard InChI is InChI=1S/C15H12BrN3OS/c16-11-5-3-10(4-6-11)13-8-14(19-18-13)15(20)17-9-12-2-1-7-21-12/h1-8H,9H2,(H,17,20)(H,18,19). The third-order valence-electron chi connectivity index (χ3n) is 2.97. The van der Waals surface area contributed by atoms with Crippen LogP contribution in [0, 0.1) is 0 Å². The molecule has 0 bridgehead atoms. The van der Waals surface area contributed by atoms with Gasteiger partial charge >= 0.3 is 0 Å². The number of nitrogens with zero attached hydrogens (tertiary/aromatic N) is 1. The van der Waals surface area contributed by atoms with Crippen LogP contribution in [0.2, 0.25) is 0 Å². The van der Waals surface area contributed by atoms with Gasteiger partial charge in [0.15, 0.2) is 0 Å². The fourth-order valence-corrected chi connectivity index (χ4v) is 2.79. The summed E-state index contributed by atoms with van der Waals surface area (Å²) in [4.78, 5) is 13.2. The molecule has 2 heterocycles. The molecule has 0 aliphatic heterocycles. The highest BCUT2D eigenvalue weighted by atomic mass is 79.9. The van der Waals surface area contributed by atoms with E-state index in [9.17, 15) is 4.79 Å². The largest absolute Gasteiger partial charge is 0.346 e. The van der Waals surface area contributed by atoms with Gasteiger partial charge in [0, 0.05) is 14.9 Å². The van der Waals surface area contributed by atoms with E-state index in [0.29, 0.717) is 12.2 Å². The van der Waals surface area contributed by atoms with Gasteiger partial charge in [-0.15, -0.1) is 11.3 Å². The Balaban J connectivity index is 1.69. The Morgan fingerprint density at radius 1 is 1.29 bits per heavy atom. The molecule has 0 unspecified atom stereocenters. The van der Waals surface area contributed by atoms with Gasteiger partial charge in [-0.1, -0.05) is 34.1 Å². The fourth-order valence-electron chi connectivity index (χ4n) is 1.88. The van der Waals surface area contributed by atoms with Gasteiger partial charge in [-0.2, -0.15) is 5.10 Å². The predicted octanol–water partition coefficient (Wildman–Crippen LogP) is 3.83. The first-order chi connectivity index (χ1) is 10.2. The Hall–Kier alpha value is -1.92. The zero-order chi connectivity index (χ0) is 14.7. The molecule has 4 nitrogen and oxygen atoms in total. The summed E-state index contributed by atoms with van der Waals surface area (Å²) >= 11 is 5.01. The molecule has 0 saturated heterocycles. The first-order valence-corrected chi connectivity index (χ1v) is 8.01. The van der Waals surface area contributed by atoms with Gasteiger partial charge in [-0.05, 0) is 29.6 Å². The van der Waals surface area contributed by atoms with Crippen molar-refractivity contribution in [3.8, 4) is 11.3 Å². The van der Waals surface area contributed by atoms with E-state index < -0.39 is 0 Å². The lowest BCUT2D eigenvalue weighted by molar-refractivity contribution is 0.0946. The second-order valence-corrected chi connectivity index (χ2v) is 6.38. The lowest BCUT2D eigenvalue weighted by Crippen LogP contribution is -2.22. The zero-order valence-corrected chi connectivity index (χ0v) is 13.4. The number of halogens is 1. The summed E-state index contributed by atoms with van der Waals surface area (Å²) in [6.45, 7) is 0.531. The van der Waals surface area contributed by atoms with Gasteiger partial charge in [0.2, 0.25) is 0 Å². The Morgan fingerprint density at radius 2 is 2.10 bits per heavy atom. The van der Waals surface area contributed by atoms with E-state index in [1.165, 1.54) is 0 Å². The summed E-state index contributed by atoms with van der Waals surface area (Å²) < 4.78 is 1.01. The summed E-state index contributed by atoms with van der Waals surface area (Å²) in [5.41, 5.74) is 2.18. The molecule has 2 aromatic heterocycles. The molecule has 1 aromatic carbocycles. The monoisotopic (exact) mass is 361 g/mol. The Bertz CT molecular complexity index is 735. The molecule has 0 spiro atoms. The Kier molecular flexibility index (Phi) is 4.17. The summed E-state index contributed by atoms with van der Waals surface area (Å²) in [7, 11) is 0. The average Bonchev–Trinajstić information content (AvgIpc) is 3.17. The van der Waals surface area contributed by atoms with Gasteiger partial charge in [0.05, 0.1) is 12.2 Å². The number of aromatic amines is 1. The summed E-state index contributed by atoms with van der Waals surface area (Å²) in [6, 6.07) is 13.5. The van der Waals surface area contributed by atoms with Crippen LogP contribution in [0.3, 0.4) is 0 Å². The van der Waals surface area contributed by atoms with Gasteiger partial charge in [0.1, 0.15) is 5.69 Å². The van der Waals surface area contributed by atoms with Crippen LogP contribution in [0.1, 0.15) is 15.4 Å². The number of rotatable bonds is 4. The maximum atomic E-state index is 12.1. The van der Waals surface area contributed by atoms with Crippen molar-refractivity contribution in [2.45, 2.75) is 6.54 Å². The second kappa shape index (κ2) is 6.24. The fraction of sp³-hybridized carbons (Fsp3) is 0.0667. The maximum absolute atomic E-state index is 12.1. The number of H-pyrrole nitrogens is 1. The van der Waals surface area contributed by atoms with E-state index in [1.54, 1.807) is 17.4 Å². The minimum absolute atomic E-state index is 0.153. The number of amides is 1. The minimum atomic E-state index is -0.153. The van der Waals surface area contributed by atoms with Gasteiger partial charge in [-0.25, -0.2) is 0 Å². The third kappa shape index (κ3) is 3.40. The topological polar surface area (TPSA) is 57.8 Å². The van der Waals surface area contributed by atoms with Crippen molar-refractivity contribution < 1.29 is 4.79 Å². The van der Waals surface area contributed by atoms with Gasteiger partial charge in [0.25, 0.3) is 5.91 Å². The second-order valence-electron chi connectivity index (χ2n) is 4.44. The van der Waals surface area contributed by atoms with Gasteiger partial charge < -0.3 is 5.32 Å². The van der Waals surface area contributed by atoms with Crippen LogP contribution >= 0.6 is 27.3 Å². The molecule has 0 radical (unpaired) electrons. The summed E-state index contributed by atoms with van der Waals surface area (Å²) in [6.07, 6.45) is 0. The molecule has 3 rings (SSSR count). The molecule has 21 heavy (non-hydrogen) atoms. The van der Waals surface area contributed by atoms with Crippen molar-refractivity contribution in [3.05, 3.63) is 62.9 Å². The quantitative estimate of drug-likeness (QED) is 0.741. The first kappa shape index (κ1) is 14.0. The molecule has 1 amide bonds. The lowest BCUT2D eigenvalue weighted by Gasteiger charge is -2.00. The van der Waals surface area contributed by atoms with E-state index in [2.05, 4.69) is 31.4 Å². The van der Waals surface area contributed by atoms with E-state index in [1.807, 2.05) is 41.8 Å². The molecule has 6 heteroatoms. The first-order valence-electron chi connectivity index (χ1n) is 6.34. The average molecular weight is 362 g/mol. The smallest absolute Gasteiger partial charge is 0.269 e. The van der Waals surface area contributed by atoms with Crippen molar-refractivity contribution in [2.24, 2.45) is 0 Å².